The molecule has 0 aliphatic carbocycles. The largest absolute Gasteiger partial charge is 0.481 e. The molecule has 1 N–H and O–H groups in total. The Kier molecular flexibility index (Phi) is 23.9. The van der Waals surface area contributed by atoms with Crippen LogP contribution in [0, 0.1) is 0 Å². The molecule has 0 saturated heterocycles. The second kappa shape index (κ2) is 24.9. The highest BCUT2D eigenvalue weighted by molar-refractivity contribution is 5.69. The number of carbonyl (C=O) groups excluding carboxylic acids is 1. The third-order valence-corrected chi connectivity index (χ3v) is 5.69. The van der Waals surface area contributed by atoms with Crippen LogP contribution in [0.1, 0.15) is 142 Å². The number of hydrogen-bond donors (Lipinski definition) is 1. The molecule has 0 unspecified atom stereocenters. The molecule has 0 amide bonds. The molecule has 0 aliphatic heterocycles. The first-order valence-electron chi connectivity index (χ1n) is 13.2. The first-order valence-corrected chi connectivity index (χ1v) is 13.2. The first kappa shape index (κ1) is 29.7. The maximum Gasteiger partial charge on any atom is 0.305 e. The number of unbranched alkanes of at least 4 members (excludes halogenated alkanes) is 16. The van der Waals surface area contributed by atoms with Crippen molar-refractivity contribution in [2.75, 3.05) is 6.61 Å². The van der Waals surface area contributed by atoms with Gasteiger partial charge in [0.25, 0.3) is 0 Å². The summed E-state index contributed by atoms with van der Waals surface area (Å²) in [4.78, 5) is 22.2. The van der Waals surface area contributed by atoms with Crippen LogP contribution in [0.5, 0.6) is 0 Å². The van der Waals surface area contributed by atoms with Gasteiger partial charge in [0.2, 0.25) is 0 Å². The highest BCUT2D eigenvalue weighted by Gasteiger charge is 2.02. The van der Waals surface area contributed by atoms with Crippen LogP contribution in [0.2, 0.25) is 0 Å². The average molecular weight is 439 g/mol. The van der Waals surface area contributed by atoms with Crippen LogP contribution in [0.25, 0.3) is 0 Å². The fourth-order valence-corrected chi connectivity index (χ4v) is 3.67. The predicted octanol–water partition coefficient (Wildman–Crippen LogP) is 8.38. The van der Waals surface area contributed by atoms with Crippen LogP contribution in [0.15, 0.2) is 12.2 Å². The van der Waals surface area contributed by atoms with Gasteiger partial charge in [0.05, 0.1) is 6.61 Å². The number of hydrogen-bond acceptors (Lipinski definition) is 3. The van der Waals surface area contributed by atoms with Gasteiger partial charge >= 0.3 is 11.9 Å². The van der Waals surface area contributed by atoms with Crippen molar-refractivity contribution in [2.24, 2.45) is 0 Å². The third-order valence-electron chi connectivity index (χ3n) is 5.69. The normalized spacial score (nSPS) is 11.3. The average Bonchev–Trinajstić information content (AvgIpc) is 2.75. The number of carbonyl (C=O) groups is 2. The van der Waals surface area contributed by atoms with E-state index in [0.29, 0.717) is 19.4 Å². The molecule has 0 aliphatic rings. The molecule has 182 valence electrons. The Morgan fingerprint density at radius 2 is 1.06 bits per heavy atom. The standard InChI is InChI=1S/C27H50O4/c1-2-3-4-5-6-7-8-12-15-18-21-24-27(30)31-25-22-19-16-13-10-9-11-14-17-20-23-26(28)29/h5-6H,2-4,7-25H2,1H3,(H,28,29)/b6-5-. The Balaban J connectivity index is 3.20. The molecule has 0 radical (unpaired) electrons. The summed E-state index contributed by atoms with van der Waals surface area (Å²) in [6, 6.07) is 0. The highest BCUT2D eigenvalue weighted by Crippen LogP contribution is 2.12. The van der Waals surface area contributed by atoms with Crippen molar-refractivity contribution in [3.05, 3.63) is 12.2 Å². The van der Waals surface area contributed by atoms with E-state index in [2.05, 4.69) is 19.1 Å². The van der Waals surface area contributed by atoms with Crippen molar-refractivity contribution in [3.63, 3.8) is 0 Å². The summed E-state index contributed by atoms with van der Waals surface area (Å²) in [5.41, 5.74) is 0. The number of carboxylic acid groups (broad SMARTS) is 1. The van der Waals surface area contributed by atoms with Crippen molar-refractivity contribution in [1.29, 1.82) is 0 Å². The van der Waals surface area contributed by atoms with Gasteiger partial charge in [0.1, 0.15) is 0 Å². The Morgan fingerprint density at radius 3 is 1.61 bits per heavy atom. The van der Waals surface area contributed by atoms with E-state index in [1.54, 1.807) is 0 Å². The number of aliphatic carboxylic acids is 1. The minimum absolute atomic E-state index is 0.0262. The van der Waals surface area contributed by atoms with E-state index in [-0.39, 0.29) is 5.97 Å². The topological polar surface area (TPSA) is 63.6 Å². The van der Waals surface area contributed by atoms with Crippen LogP contribution in [0.3, 0.4) is 0 Å². The molecule has 4 nitrogen and oxygen atoms in total. The lowest BCUT2D eigenvalue weighted by molar-refractivity contribution is -0.144. The van der Waals surface area contributed by atoms with Gasteiger partial charge in [0.15, 0.2) is 0 Å². The number of carboxylic acids is 1. The molecular formula is C27H50O4. The van der Waals surface area contributed by atoms with E-state index < -0.39 is 5.97 Å². The van der Waals surface area contributed by atoms with E-state index >= 15 is 0 Å². The molecule has 0 atom stereocenters. The number of esters is 1. The van der Waals surface area contributed by atoms with Gasteiger partial charge in [-0.25, -0.2) is 0 Å². The molecule has 0 fully saturated rings. The summed E-state index contributed by atoms with van der Waals surface area (Å²) in [5.74, 6) is -0.709. The zero-order chi connectivity index (χ0) is 22.8. The zero-order valence-corrected chi connectivity index (χ0v) is 20.4. The maximum absolute atomic E-state index is 11.8. The van der Waals surface area contributed by atoms with Crippen molar-refractivity contribution >= 4 is 11.9 Å². The molecule has 31 heavy (non-hydrogen) atoms. The second-order valence-corrected chi connectivity index (χ2v) is 8.82. The highest BCUT2D eigenvalue weighted by atomic mass is 16.5. The van der Waals surface area contributed by atoms with Crippen LogP contribution in [0.4, 0.5) is 0 Å². The Bertz CT molecular complexity index is 431. The van der Waals surface area contributed by atoms with Crippen LogP contribution in [-0.2, 0) is 14.3 Å². The number of ether oxygens (including phenoxy) is 1. The first-order chi connectivity index (χ1) is 15.2. The molecule has 0 aromatic heterocycles. The lowest BCUT2D eigenvalue weighted by Gasteiger charge is -2.05. The maximum atomic E-state index is 11.8. The van der Waals surface area contributed by atoms with E-state index in [9.17, 15) is 9.59 Å². The molecule has 4 heteroatoms. The van der Waals surface area contributed by atoms with Crippen molar-refractivity contribution in [1.82, 2.24) is 0 Å². The van der Waals surface area contributed by atoms with Gasteiger partial charge in [-0.3, -0.25) is 9.59 Å². The van der Waals surface area contributed by atoms with Crippen molar-refractivity contribution < 1.29 is 19.4 Å². The van der Waals surface area contributed by atoms with E-state index in [1.807, 2.05) is 0 Å². The second-order valence-electron chi connectivity index (χ2n) is 8.82. The van der Waals surface area contributed by atoms with Gasteiger partial charge in [0, 0.05) is 12.8 Å². The van der Waals surface area contributed by atoms with E-state index in [4.69, 9.17) is 9.84 Å². The van der Waals surface area contributed by atoms with Crippen molar-refractivity contribution in [3.8, 4) is 0 Å². The molecule has 0 rings (SSSR count). The predicted molar refractivity (Wildman–Crippen MR) is 130 cm³/mol. The summed E-state index contributed by atoms with van der Waals surface area (Å²) in [7, 11) is 0. The van der Waals surface area contributed by atoms with E-state index in [1.165, 1.54) is 77.0 Å². The number of rotatable bonds is 24. The molecule has 0 aromatic rings. The van der Waals surface area contributed by atoms with Gasteiger partial charge < -0.3 is 9.84 Å². The smallest absolute Gasteiger partial charge is 0.305 e. The summed E-state index contributed by atoms with van der Waals surface area (Å²) >= 11 is 0. The summed E-state index contributed by atoms with van der Waals surface area (Å²) < 4.78 is 5.34. The van der Waals surface area contributed by atoms with Crippen LogP contribution in [-0.4, -0.2) is 23.7 Å². The SMILES string of the molecule is CCCC/C=C\CCCCCCCC(=O)OCCCCCCCCCCCCC(=O)O. The fourth-order valence-electron chi connectivity index (χ4n) is 3.67. The van der Waals surface area contributed by atoms with Gasteiger partial charge in [-0.2, -0.15) is 0 Å². The Labute approximate surface area is 192 Å². The number of allylic oxidation sites excluding steroid dienone is 2. The minimum Gasteiger partial charge on any atom is -0.481 e. The van der Waals surface area contributed by atoms with Crippen LogP contribution >= 0.6 is 0 Å². The Hall–Kier alpha value is -1.32. The lowest BCUT2D eigenvalue weighted by atomic mass is 10.1. The monoisotopic (exact) mass is 438 g/mol. The molecular weight excluding hydrogens is 388 g/mol. The van der Waals surface area contributed by atoms with Crippen LogP contribution < -0.4 is 0 Å². The molecule has 0 heterocycles. The van der Waals surface area contributed by atoms with Gasteiger partial charge in [-0.05, 0) is 38.5 Å². The van der Waals surface area contributed by atoms with Gasteiger partial charge in [-0.1, -0.05) is 103 Å². The zero-order valence-electron chi connectivity index (χ0n) is 20.4. The summed E-state index contributed by atoms with van der Waals surface area (Å²) in [6.07, 6.45) is 27.6. The fraction of sp³-hybridized carbons (Fsp3) is 0.852. The molecule has 0 saturated carbocycles. The quantitative estimate of drug-likeness (QED) is 0.0933. The third kappa shape index (κ3) is 26.6. The minimum atomic E-state index is -0.683. The molecule has 0 bridgehead atoms. The Morgan fingerprint density at radius 1 is 0.613 bits per heavy atom. The van der Waals surface area contributed by atoms with E-state index in [0.717, 1.165) is 44.9 Å². The summed E-state index contributed by atoms with van der Waals surface area (Å²) in [6.45, 7) is 2.80. The lowest BCUT2D eigenvalue weighted by Crippen LogP contribution is -2.05. The van der Waals surface area contributed by atoms with Gasteiger partial charge in [-0.15, -0.1) is 0 Å². The van der Waals surface area contributed by atoms with Crippen molar-refractivity contribution in [2.45, 2.75) is 142 Å². The molecule has 0 aromatic carbocycles. The summed E-state index contributed by atoms with van der Waals surface area (Å²) in [5, 5.41) is 8.58. The molecule has 0 spiro atoms.